The maximum Gasteiger partial charge on any atom is 0.124 e. The first-order chi connectivity index (χ1) is 10.2. The van der Waals surface area contributed by atoms with Crippen LogP contribution in [0.1, 0.15) is 22.7 Å². The second-order valence-corrected chi connectivity index (χ2v) is 6.19. The zero-order chi connectivity index (χ0) is 14.8. The van der Waals surface area contributed by atoms with Crippen molar-refractivity contribution in [3.63, 3.8) is 0 Å². The predicted molar refractivity (Wildman–Crippen MR) is 90.7 cm³/mol. The van der Waals surface area contributed by atoms with Crippen molar-refractivity contribution in [1.29, 1.82) is 0 Å². The van der Waals surface area contributed by atoms with Crippen molar-refractivity contribution >= 4 is 23.7 Å². The van der Waals surface area contributed by atoms with Crippen molar-refractivity contribution in [2.24, 2.45) is 0 Å². The molecular weight excluding hydrogens is 323 g/mol. The molecule has 0 amide bonds. The van der Waals surface area contributed by atoms with Gasteiger partial charge in [0.15, 0.2) is 0 Å². The lowest BCUT2D eigenvalue weighted by atomic mass is 9.96. The van der Waals surface area contributed by atoms with Crippen LogP contribution in [-0.4, -0.2) is 36.2 Å². The third-order valence-corrected chi connectivity index (χ3v) is 4.67. The topological polar surface area (TPSA) is 35.5 Å². The number of benzene rings is 1. The molecule has 0 saturated carbocycles. The number of aromatic hydroxyl groups is 1. The molecule has 1 fully saturated rings. The molecule has 6 heteroatoms. The van der Waals surface area contributed by atoms with E-state index in [1.807, 2.05) is 5.38 Å². The Kier molecular flexibility index (Phi) is 5.81. The van der Waals surface area contributed by atoms with Gasteiger partial charge in [0.05, 0.1) is 6.04 Å². The molecule has 3 nitrogen and oxygen atoms in total. The van der Waals surface area contributed by atoms with Gasteiger partial charge in [-0.1, -0.05) is 0 Å². The Morgan fingerprint density at radius 2 is 2.05 bits per heavy atom. The van der Waals surface area contributed by atoms with E-state index in [9.17, 15) is 9.50 Å². The van der Waals surface area contributed by atoms with Crippen LogP contribution in [0, 0.1) is 12.7 Å². The van der Waals surface area contributed by atoms with E-state index in [1.54, 1.807) is 18.3 Å². The average Bonchev–Trinajstić information content (AvgIpc) is 2.99. The van der Waals surface area contributed by atoms with Gasteiger partial charge in [-0.25, -0.2) is 4.39 Å². The molecule has 2 N–H and O–H groups in total. The van der Waals surface area contributed by atoms with Gasteiger partial charge in [0.1, 0.15) is 11.6 Å². The van der Waals surface area contributed by atoms with E-state index in [4.69, 9.17) is 0 Å². The normalized spacial score (nSPS) is 17.0. The molecule has 0 bridgehead atoms. The Balaban J connectivity index is 0.00000176. The van der Waals surface area contributed by atoms with Gasteiger partial charge in [0.2, 0.25) is 0 Å². The van der Waals surface area contributed by atoms with E-state index in [2.05, 4.69) is 21.7 Å². The Morgan fingerprint density at radius 1 is 1.32 bits per heavy atom. The van der Waals surface area contributed by atoms with E-state index in [-0.39, 0.29) is 30.0 Å². The summed E-state index contributed by atoms with van der Waals surface area (Å²) in [6.07, 6.45) is 0. The first-order valence-corrected chi connectivity index (χ1v) is 8.07. The molecule has 0 radical (unpaired) electrons. The molecule has 0 unspecified atom stereocenters. The molecule has 1 aromatic carbocycles. The van der Waals surface area contributed by atoms with Crippen LogP contribution in [-0.2, 0) is 0 Å². The second kappa shape index (κ2) is 7.42. The smallest absolute Gasteiger partial charge is 0.124 e. The monoisotopic (exact) mass is 342 g/mol. The highest BCUT2D eigenvalue weighted by atomic mass is 35.5. The summed E-state index contributed by atoms with van der Waals surface area (Å²) in [7, 11) is 0. The fourth-order valence-electron chi connectivity index (χ4n) is 2.93. The van der Waals surface area contributed by atoms with Crippen LogP contribution in [0.3, 0.4) is 0 Å². The number of rotatable bonds is 3. The lowest BCUT2D eigenvalue weighted by Crippen LogP contribution is -2.45. The second-order valence-electron chi connectivity index (χ2n) is 5.41. The summed E-state index contributed by atoms with van der Waals surface area (Å²) in [6, 6.07) is 4.80. The van der Waals surface area contributed by atoms with Gasteiger partial charge < -0.3 is 10.4 Å². The van der Waals surface area contributed by atoms with Crippen LogP contribution in [0.5, 0.6) is 5.75 Å². The molecule has 1 aromatic heterocycles. The highest BCUT2D eigenvalue weighted by Gasteiger charge is 2.27. The quantitative estimate of drug-likeness (QED) is 0.898. The third kappa shape index (κ3) is 3.43. The zero-order valence-corrected chi connectivity index (χ0v) is 14.0. The van der Waals surface area contributed by atoms with Crippen LogP contribution >= 0.6 is 23.7 Å². The maximum absolute atomic E-state index is 13.8. The number of phenolic OH excluding ortho intramolecular Hbond substituents is 1. The summed E-state index contributed by atoms with van der Waals surface area (Å²) in [5.41, 5.74) is 2.36. The van der Waals surface area contributed by atoms with Gasteiger partial charge in [-0.05, 0) is 47.0 Å². The van der Waals surface area contributed by atoms with E-state index < -0.39 is 0 Å². The lowest BCUT2D eigenvalue weighted by molar-refractivity contribution is 0.195. The summed E-state index contributed by atoms with van der Waals surface area (Å²) in [5.74, 6) is -0.0956. The minimum absolute atomic E-state index is 0. The average molecular weight is 343 g/mol. The van der Waals surface area contributed by atoms with Crippen LogP contribution in [0.25, 0.3) is 0 Å². The number of halogens is 2. The molecule has 1 atom stereocenters. The van der Waals surface area contributed by atoms with Crippen LogP contribution in [0.15, 0.2) is 29.0 Å². The van der Waals surface area contributed by atoms with Crippen LogP contribution < -0.4 is 5.32 Å². The molecule has 0 aliphatic carbocycles. The molecule has 120 valence electrons. The Labute approximate surface area is 140 Å². The number of nitrogens with one attached hydrogen (secondary N) is 1. The summed E-state index contributed by atoms with van der Waals surface area (Å²) in [5, 5.41) is 17.8. The first-order valence-electron chi connectivity index (χ1n) is 7.12. The zero-order valence-electron chi connectivity index (χ0n) is 12.4. The Morgan fingerprint density at radius 3 is 2.68 bits per heavy atom. The minimum atomic E-state index is -0.296. The van der Waals surface area contributed by atoms with Crippen LogP contribution in [0.2, 0.25) is 0 Å². The number of thiophene rings is 1. The van der Waals surface area contributed by atoms with Crippen LogP contribution in [0.4, 0.5) is 4.39 Å². The number of phenols is 1. The summed E-state index contributed by atoms with van der Waals surface area (Å²) >= 11 is 1.62. The van der Waals surface area contributed by atoms with Gasteiger partial charge in [-0.15, -0.1) is 12.4 Å². The third-order valence-electron chi connectivity index (χ3n) is 3.96. The summed E-state index contributed by atoms with van der Waals surface area (Å²) < 4.78 is 13.8. The molecule has 1 saturated heterocycles. The van der Waals surface area contributed by atoms with E-state index in [0.29, 0.717) is 11.1 Å². The fourth-order valence-corrected chi connectivity index (χ4v) is 3.61. The van der Waals surface area contributed by atoms with Crippen molar-refractivity contribution in [2.45, 2.75) is 13.0 Å². The SMILES string of the molecule is Cc1cc(F)cc([C@@H](c2ccsc2)N2CCNCC2)c1O.Cl. The molecule has 22 heavy (non-hydrogen) atoms. The molecule has 0 spiro atoms. The van der Waals surface area contributed by atoms with Gasteiger partial charge in [0, 0.05) is 31.7 Å². The highest BCUT2D eigenvalue weighted by Crippen LogP contribution is 2.37. The number of hydrogen-bond acceptors (Lipinski definition) is 4. The summed E-state index contributed by atoms with van der Waals surface area (Å²) in [6.45, 7) is 5.33. The number of nitrogens with zero attached hydrogens (tertiary/aromatic N) is 1. The van der Waals surface area contributed by atoms with Crippen molar-refractivity contribution in [3.05, 3.63) is 51.5 Å². The molecule has 1 aliphatic heterocycles. The van der Waals surface area contributed by atoms with Gasteiger partial charge in [0.25, 0.3) is 0 Å². The van der Waals surface area contributed by atoms with Crippen molar-refractivity contribution in [3.8, 4) is 5.75 Å². The largest absolute Gasteiger partial charge is 0.507 e. The van der Waals surface area contributed by atoms with E-state index in [1.165, 1.54) is 12.1 Å². The molecule has 2 heterocycles. The summed E-state index contributed by atoms with van der Waals surface area (Å²) in [4.78, 5) is 2.30. The van der Waals surface area contributed by atoms with Crippen molar-refractivity contribution in [1.82, 2.24) is 10.2 Å². The Bertz CT molecular complexity index is 615. The van der Waals surface area contributed by atoms with E-state index >= 15 is 0 Å². The minimum Gasteiger partial charge on any atom is -0.507 e. The van der Waals surface area contributed by atoms with Crippen molar-refractivity contribution < 1.29 is 9.50 Å². The number of piperazine rings is 1. The maximum atomic E-state index is 13.8. The van der Waals surface area contributed by atoms with E-state index in [0.717, 1.165) is 31.7 Å². The lowest BCUT2D eigenvalue weighted by Gasteiger charge is -2.35. The molecule has 2 aromatic rings. The number of aryl methyl sites for hydroxylation is 1. The number of hydrogen-bond donors (Lipinski definition) is 2. The molecule has 1 aliphatic rings. The molecule has 3 rings (SSSR count). The first kappa shape index (κ1) is 17.2. The highest BCUT2D eigenvalue weighted by molar-refractivity contribution is 7.08. The van der Waals surface area contributed by atoms with Gasteiger partial charge >= 0.3 is 0 Å². The van der Waals surface area contributed by atoms with Gasteiger partial charge in [-0.2, -0.15) is 11.3 Å². The Hall–Kier alpha value is -1.14. The predicted octanol–water partition coefficient (Wildman–Crippen LogP) is 3.32. The fraction of sp³-hybridized carbons (Fsp3) is 0.375. The standard InChI is InChI=1S/C16H19FN2OS.ClH/c1-11-8-13(17)9-14(16(11)20)15(12-2-7-21-10-12)19-5-3-18-4-6-19;/h2,7-10,15,18,20H,3-6H2,1H3;1H/t15-;/m1./s1. The van der Waals surface area contributed by atoms with Crippen molar-refractivity contribution in [2.75, 3.05) is 26.2 Å². The molecular formula is C16H20ClFN2OS. The van der Waals surface area contributed by atoms with Gasteiger partial charge in [-0.3, -0.25) is 4.90 Å².